The van der Waals surface area contributed by atoms with Crippen LogP contribution in [0.1, 0.15) is 29.6 Å². The molecule has 2 aromatic heterocycles. The van der Waals surface area contributed by atoms with Gasteiger partial charge in [-0.25, -0.2) is 0 Å². The predicted octanol–water partition coefficient (Wildman–Crippen LogP) is 1.51. The van der Waals surface area contributed by atoms with Crippen LogP contribution in [-0.4, -0.2) is 34.4 Å². The van der Waals surface area contributed by atoms with Crippen LogP contribution >= 0.6 is 11.3 Å². The fraction of sp³-hybridized carbons (Fsp3) is 0.467. The molecule has 1 atom stereocenters. The predicted molar refractivity (Wildman–Crippen MR) is 88.5 cm³/mol. The van der Waals surface area contributed by atoms with E-state index in [2.05, 4.69) is 15.5 Å². The summed E-state index contributed by atoms with van der Waals surface area (Å²) in [6, 6.07) is 1.44. The van der Waals surface area contributed by atoms with Gasteiger partial charge in [-0.2, -0.15) is 0 Å². The molecule has 0 aromatic carbocycles. The molecule has 1 N–H and O–H groups in total. The van der Waals surface area contributed by atoms with E-state index in [4.69, 9.17) is 9.47 Å². The fourth-order valence-corrected chi connectivity index (χ4v) is 3.32. The van der Waals surface area contributed by atoms with Gasteiger partial charge in [0.15, 0.2) is 5.75 Å². The third-order valence-electron chi connectivity index (χ3n) is 3.73. The van der Waals surface area contributed by atoms with Crippen LogP contribution in [0.25, 0.3) is 0 Å². The molecule has 1 aliphatic rings. The summed E-state index contributed by atoms with van der Waals surface area (Å²) < 4.78 is 12.2. The van der Waals surface area contributed by atoms with E-state index in [-0.39, 0.29) is 29.7 Å². The minimum Gasteiger partial charge on any atom is -0.491 e. The van der Waals surface area contributed by atoms with E-state index in [9.17, 15) is 9.59 Å². The first kappa shape index (κ1) is 16.6. The first-order chi connectivity index (χ1) is 11.6. The van der Waals surface area contributed by atoms with Crippen molar-refractivity contribution in [3.63, 3.8) is 0 Å². The largest absolute Gasteiger partial charge is 0.491 e. The average molecular weight is 350 g/mol. The number of aryl methyl sites for hydroxylation is 1. The minimum absolute atomic E-state index is 0.0152. The SMILES string of the molecule is COc1cn(CC(=O)Nc2nnc(C3CCCO3)s2)c(C)cc1=O. The molecular weight excluding hydrogens is 332 g/mol. The van der Waals surface area contributed by atoms with Gasteiger partial charge in [0.05, 0.1) is 13.3 Å². The van der Waals surface area contributed by atoms with Gasteiger partial charge < -0.3 is 14.0 Å². The van der Waals surface area contributed by atoms with Crippen LogP contribution in [0, 0.1) is 6.92 Å². The average Bonchev–Trinajstić information content (AvgIpc) is 3.21. The normalized spacial score (nSPS) is 17.0. The number of hydrogen-bond donors (Lipinski definition) is 1. The van der Waals surface area contributed by atoms with Crippen molar-refractivity contribution in [2.45, 2.75) is 32.4 Å². The molecule has 1 aliphatic heterocycles. The van der Waals surface area contributed by atoms with Gasteiger partial charge in [0.1, 0.15) is 17.7 Å². The first-order valence-corrected chi connectivity index (χ1v) is 8.38. The van der Waals surface area contributed by atoms with Crippen molar-refractivity contribution in [3.05, 3.63) is 33.2 Å². The Bertz CT molecular complexity index is 795. The molecule has 0 aliphatic carbocycles. The highest BCUT2D eigenvalue weighted by molar-refractivity contribution is 7.15. The van der Waals surface area contributed by atoms with Gasteiger partial charge >= 0.3 is 0 Å². The molecule has 0 radical (unpaired) electrons. The number of nitrogens with one attached hydrogen (secondary N) is 1. The summed E-state index contributed by atoms with van der Waals surface area (Å²) in [5.41, 5.74) is 0.463. The number of methoxy groups -OCH3 is 1. The van der Waals surface area contributed by atoms with Gasteiger partial charge in [0.25, 0.3) is 0 Å². The van der Waals surface area contributed by atoms with Crippen LogP contribution in [0.15, 0.2) is 17.1 Å². The lowest BCUT2D eigenvalue weighted by Gasteiger charge is -2.11. The first-order valence-electron chi connectivity index (χ1n) is 7.56. The van der Waals surface area contributed by atoms with E-state index in [0.29, 0.717) is 10.8 Å². The van der Waals surface area contributed by atoms with Gasteiger partial charge in [-0.05, 0) is 19.8 Å². The fourth-order valence-electron chi connectivity index (χ4n) is 2.48. The lowest BCUT2D eigenvalue weighted by atomic mass is 10.2. The summed E-state index contributed by atoms with van der Waals surface area (Å²) in [4.78, 5) is 23.9. The molecule has 3 rings (SSSR count). The zero-order valence-corrected chi connectivity index (χ0v) is 14.3. The smallest absolute Gasteiger partial charge is 0.246 e. The molecule has 128 valence electrons. The topological polar surface area (TPSA) is 95.3 Å². The second kappa shape index (κ2) is 7.10. The van der Waals surface area contributed by atoms with Crippen molar-refractivity contribution in [2.75, 3.05) is 19.0 Å². The quantitative estimate of drug-likeness (QED) is 0.878. The summed E-state index contributed by atoms with van der Waals surface area (Å²) in [7, 11) is 1.42. The van der Waals surface area contributed by atoms with Gasteiger partial charge in [-0.15, -0.1) is 10.2 Å². The van der Waals surface area contributed by atoms with Gasteiger partial charge in [0, 0.05) is 18.4 Å². The van der Waals surface area contributed by atoms with Crippen molar-refractivity contribution in [1.29, 1.82) is 0 Å². The number of ether oxygens (including phenoxy) is 2. The maximum atomic E-state index is 12.2. The Morgan fingerprint density at radius 3 is 3.08 bits per heavy atom. The summed E-state index contributed by atoms with van der Waals surface area (Å²) in [5, 5.41) is 12.0. The molecule has 0 saturated carbocycles. The summed E-state index contributed by atoms with van der Waals surface area (Å²) in [6.07, 6.45) is 3.45. The minimum atomic E-state index is -0.251. The molecule has 8 nitrogen and oxygen atoms in total. The van der Waals surface area contributed by atoms with Gasteiger partial charge in [0.2, 0.25) is 16.5 Å². The Balaban J connectivity index is 1.66. The second-order valence-corrected chi connectivity index (χ2v) is 6.48. The number of amides is 1. The maximum absolute atomic E-state index is 12.2. The van der Waals surface area contributed by atoms with Crippen LogP contribution in [0.3, 0.4) is 0 Å². The number of anilines is 1. The molecule has 0 bridgehead atoms. The van der Waals surface area contributed by atoms with Crippen LogP contribution in [0.5, 0.6) is 5.75 Å². The monoisotopic (exact) mass is 350 g/mol. The van der Waals surface area contributed by atoms with E-state index in [1.165, 1.54) is 30.7 Å². The van der Waals surface area contributed by atoms with Crippen LogP contribution in [-0.2, 0) is 16.1 Å². The summed E-state index contributed by atoms with van der Waals surface area (Å²) >= 11 is 1.32. The molecule has 1 amide bonds. The number of rotatable bonds is 5. The zero-order chi connectivity index (χ0) is 17.1. The highest BCUT2D eigenvalue weighted by Crippen LogP contribution is 2.31. The Morgan fingerprint density at radius 1 is 1.54 bits per heavy atom. The Hall–Kier alpha value is -2.26. The van der Waals surface area contributed by atoms with Crippen molar-refractivity contribution in [3.8, 4) is 5.75 Å². The van der Waals surface area contributed by atoms with Gasteiger partial charge in [-0.1, -0.05) is 11.3 Å². The van der Waals surface area contributed by atoms with Crippen molar-refractivity contribution in [2.24, 2.45) is 0 Å². The van der Waals surface area contributed by atoms with Crippen LogP contribution in [0.4, 0.5) is 5.13 Å². The molecule has 3 heterocycles. The van der Waals surface area contributed by atoms with E-state index in [0.717, 1.165) is 24.5 Å². The highest BCUT2D eigenvalue weighted by Gasteiger charge is 2.22. The van der Waals surface area contributed by atoms with E-state index in [1.54, 1.807) is 11.5 Å². The maximum Gasteiger partial charge on any atom is 0.246 e. The number of carbonyl (C=O) groups is 1. The molecule has 2 aromatic rings. The Kier molecular flexibility index (Phi) is 4.91. The van der Waals surface area contributed by atoms with Crippen LogP contribution < -0.4 is 15.5 Å². The van der Waals surface area contributed by atoms with Crippen molar-refractivity contribution in [1.82, 2.24) is 14.8 Å². The Labute approximate surface area is 142 Å². The number of carbonyl (C=O) groups excluding carboxylic acids is 1. The lowest BCUT2D eigenvalue weighted by molar-refractivity contribution is -0.116. The number of nitrogens with zero attached hydrogens (tertiary/aromatic N) is 3. The van der Waals surface area contributed by atoms with Crippen LogP contribution in [0.2, 0.25) is 0 Å². The van der Waals surface area contributed by atoms with E-state index >= 15 is 0 Å². The number of aromatic nitrogens is 3. The molecule has 9 heteroatoms. The highest BCUT2D eigenvalue weighted by atomic mass is 32.1. The third kappa shape index (κ3) is 3.62. The second-order valence-electron chi connectivity index (χ2n) is 5.47. The van der Waals surface area contributed by atoms with E-state index in [1.807, 2.05) is 0 Å². The van der Waals surface area contributed by atoms with Gasteiger partial charge in [-0.3, -0.25) is 14.9 Å². The molecule has 1 unspecified atom stereocenters. The van der Waals surface area contributed by atoms with Crippen molar-refractivity contribution >= 4 is 22.4 Å². The number of pyridine rings is 1. The van der Waals surface area contributed by atoms with E-state index < -0.39 is 0 Å². The standard InChI is InChI=1S/C15H18N4O4S/c1-9-6-10(20)12(22-2)7-19(9)8-13(21)16-15-18-17-14(24-15)11-4-3-5-23-11/h6-7,11H,3-5,8H2,1-2H3,(H,16,18,21). The summed E-state index contributed by atoms with van der Waals surface area (Å²) in [6.45, 7) is 2.55. The third-order valence-corrected chi connectivity index (χ3v) is 4.67. The van der Waals surface area contributed by atoms with Crippen molar-refractivity contribution < 1.29 is 14.3 Å². The summed E-state index contributed by atoms with van der Waals surface area (Å²) in [5.74, 6) is -0.0520. The molecule has 1 fully saturated rings. The zero-order valence-electron chi connectivity index (χ0n) is 13.4. The molecule has 1 saturated heterocycles. The molecular formula is C15H18N4O4S. The lowest BCUT2D eigenvalue weighted by Crippen LogP contribution is -2.21. The molecule has 0 spiro atoms. The molecule has 24 heavy (non-hydrogen) atoms. The number of hydrogen-bond acceptors (Lipinski definition) is 7. The Morgan fingerprint density at radius 2 is 2.38 bits per heavy atom.